The molecule has 0 amide bonds. The number of nitrogens with zero attached hydrogens (tertiary/aromatic N) is 1. The fourth-order valence-electron chi connectivity index (χ4n) is 2.43. The summed E-state index contributed by atoms with van der Waals surface area (Å²) in [7, 11) is 1.93. The van der Waals surface area contributed by atoms with Crippen LogP contribution in [0.15, 0.2) is 18.5 Å². The summed E-state index contributed by atoms with van der Waals surface area (Å²) in [6.07, 6.45) is 9.80. The van der Waals surface area contributed by atoms with E-state index >= 15 is 0 Å². The van der Waals surface area contributed by atoms with E-state index in [-0.39, 0.29) is 11.9 Å². The van der Waals surface area contributed by atoms with Gasteiger partial charge in [-0.15, -0.1) is 0 Å². The van der Waals surface area contributed by atoms with Gasteiger partial charge in [-0.3, -0.25) is 4.98 Å². The SMILES string of the molecule is CNC(CSC1CCCCC1)c1cncc(F)c1. The normalized spacial score (nSPS) is 18.8. The second-order valence-electron chi connectivity index (χ2n) is 4.87. The molecule has 0 bridgehead atoms. The Labute approximate surface area is 113 Å². The molecule has 0 saturated heterocycles. The molecule has 18 heavy (non-hydrogen) atoms. The van der Waals surface area contributed by atoms with Gasteiger partial charge in [0.1, 0.15) is 5.82 Å². The van der Waals surface area contributed by atoms with Crippen LogP contribution in [0.3, 0.4) is 0 Å². The number of pyridine rings is 1. The van der Waals surface area contributed by atoms with Gasteiger partial charge in [-0.05, 0) is 31.5 Å². The first kappa shape index (κ1) is 13.8. The molecular formula is C14H21FN2S. The summed E-state index contributed by atoms with van der Waals surface area (Å²) >= 11 is 2.02. The van der Waals surface area contributed by atoms with E-state index in [2.05, 4.69) is 10.3 Å². The lowest BCUT2D eigenvalue weighted by Gasteiger charge is -2.24. The fourth-order valence-corrected chi connectivity index (χ4v) is 3.92. The van der Waals surface area contributed by atoms with E-state index < -0.39 is 0 Å². The Morgan fingerprint density at radius 3 is 2.83 bits per heavy atom. The number of aromatic nitrogens is 1. The van der Waals surface area contributed by atoms with Gasteiger partial charge in [-0.25, -0.2) is 4.39 Å². The van der Waals surface area contributed by atoms with Gasteiger partial charge in [0.25, 0.3) is 0 Å². The van der Waals surface area contributed by atoms with E-state index in [1.807, 2.05) is 18.8 Å². The molecule has 0 radical (unpaired) electrons. The van der Waals surface area contributed by atoms with Crippen LogP contribution in [0.4, 0.5) is 4.39 Å². The zero-order valence-electron chi connectivity index (χ0n) is 10.9. The summed E-state index contributed by atoms with van der Waals surface area (Å²) in [4.78, 5) is 3.92. The zero-order chi connectivity index (χ0) is 12.8. The second kappa shape index (κ2) is 7.10. The Morgan fingerprint density at radius 1 is 1.39 bits per heavy atom. The zero-order valence-corrected chi connectivity index (χ0v) is 11.7. The van der Waals surface area contributed by atoms with Crippen molar-refractivity contribution in [1.82, 2.24) is 10.3 Å². The molecule has 0 aromatic carbocycles. The van der Waals surface area contributed by atoms with Gasteiger partial charge in [-0.2, -0.15) is 11.8 Å². The number of rotatable bonds is 5. The van der Waals surface area contributed by atoms with Crippen LogP contribution >= 0.6 is 11.8 Å². The third kappa shape index (κ3) is 3.95. The Bertz CT molecular complexity index is 367. The predicted molar refractivity (Wildman–Crippen MR) is 75.3 cm³/mol. The van der Waals surface area contributed by atoms with Crippen molar-refractivity contribution >= 4 is 11.8 Å². The molecule has 1 atom stereocenters. The average molecular weight is 268 g/mol. The highest BCUT2D eigenvalue weighted by Crippen LogP contribution is 2.30. The summed E-state index contributed by atoms with van der Waals surface area (Å²) in [5.41, 5.74) is 0.945. The quantitative estimate of drug-likeness (QED) is 0.884. The van der Waals surface area contributed by atoms with Gasteiger partial charge in [0, 0.05) is 23.2 Å². The molecule has 1 aliphatic carbocycles. The number of nitrogens with one attached hydrogen (secondary N) is 1. The minimum atomic E-state index is -0.254. The third-order valence-corrected chi connectivity index (χ3v) is 5.00. The van der Waals surface area contributed by atoms with Crippen molar-refractivity contribution in [2.75, 3.05) is 12.8 Å². The second-order valence-corrected chi connectivity index (χ2v) is 6.20. The lowest BCUT2D eigenvalue weighted by Crippen LogP contribution is -2.21. The van der Waals surface area contributed by atoms with Crippen LogP contribution < -0.4 is 5.32 Å². The minimum absolute atomic E-state index is 0.195. The summed E-state index contributed by atoms with van der Waals surface area (Å²) < 4.78 is 13.2. The van der Waals surface area contributed by atoms with E-state index in [0.717, 1.165) is 16.6 Å². The highest BCUT2D eigenvalue weighted by atomic mass is 32.2. The molecule has 0 spiro atoms. The Hall–Kier alpha value is -0.610. The van der Waals surface area contributed by atoms with Crippen molar-refractivity contribution in [2.45, 2.75) is 43.4 Å². The Morgan fingerprint density at radius 2 is 2.17 bits per heavy atom. The molecule has 1 aliphatic rings. The monoisotopic (exact) mass is 268 g/mol. The smallest absolute Gasteiger partial charge is 0.141 e. The molecule has 2 nitrogen and oxygen atoms in total. The lowest BCUT2D eigenvalue weighted by molar-refractivity contribution is 0.514. The van der Waals surface area contributed by atoms with E-state index in [0.29, 0.717) is 0 Å². The molecule has 4 heteroatoms. The molecule has 2 rings (SSSR count). The van der Waals surface area contributed by atoms with Crippen LogP contribution in [0.5, 0.6) is 0 Å². The Balaban J connectivity index is 1.88. The molecule has 1 N–H and O–H groups in total. The summed E-state index contributed by atoms with van der Waals surface area (Å²) in [6.45, 7) is 0. The van der Waals surface area contributed by atoms with Crippen molar-refractivity contribution in [2.24, 2.45) is 0 Å². The van der Waals surface area contributed by atoms with E-state index in [1.54, 1.807) is 12.3 Å². The van der Waals surface area contributed by atoms with Crippen LogP contribution in [0.25, 0.3) is 0 Å². The van der Waals surface area contributed by atoms with Crippen LogP contribution in [-0.4, -0.2) is 23.0 Å². The van der Waals surface area contributed by atoms with Gasteiger partial charge in [-0.1, -0.05) is 19.3 Å². The molecule has 0 aliphatic heterocycles. The molecule has 100 valence electrons. The van der Waals surface area contributed by atoms with Gasteiger partial charge in [0.05, 0.1) is 6.20 Å². The molecule has 1 saturated carbocycles. The maximum absolute atomic E-state index is 13.2. The highest BCUT2D eigenvalue weighted by Gasteiger charge is 2.17. The van der Waals surface area contributed by atoms with Crippen LogP contribution in [-0.2, 0) is 0 Å². The number of halogens is 1. The van der Waals surface area contributed by atoms with Crippen LogP contribution in [0, 0.1) is 5.82 Å². The molecule has 1 heterocycles. The van der Waals surface area contributed by atoms with Gasteiger partial charge < -0.3 is 5.32 Å². The number of hydrogen-bond acceptors (Lipinski definition) is 3. The van der Waals surface area contributed by atoms with Gasteiger partial charge >= 0.3 is 0 Å². The predicted octanol–water partition coefficient (Wildman–Crippen LogP) is 3.55. The average Bonchev–Trinajstić information content (AvgIpc) is 2.41. The molecular weight excluding hydrogens is 247 g/mol. The maximum Gasteiger partial charge on any atom is 0.141 e. The van der Waals surface area contributed by atoms with Gasteiger partial charge in [0.2, 0.25) is 0 Å². The first-order valence-corrected chi connectivity index (χ1v) is 7.74. The van der Waals surface area contributed by atoms with Crippen LogP contribution in [0.2, 0.25) is 0 Å². The topological polar surface area (TPSA) is 24.9 Å². The molecule has 1 aromatic rings. The summed E-state index contributed by atoms with van der Waals surface area (Å²) in [5, 5.41) is 4.05. The van der Waals surface area contributed by atoms with Gasteiger partial charge in [0.15, 0.2) is 0 Å². The van der Waals surface area contributed by atoms with Crippen molar-refractivity contribution in [3.05, 3.63) is 29.8 Å². The lowest BCUT2D eigenvalue weighted by atomic mass is 10.0. The van der Waals surface area contributed by atoms with Crippen molar-refractivity contribution in [3.8, 4) is 0 Å². The Kier molecular flexibility index (Phi) is 5.45. The molecule has 1 unspecified atom stereocenters. The molecule has 1 fully saturated rings. The maximum atomic E-state index is 13.2. The van der Waals surface area contributed by atoms with Crippen molar-refractivity contribution in [1.29, 1.82) is 0 Å². The van der Waals surface area contributed by atoms with E-state index in [1.165, 1.54) is 38.3 Å². The van der Waals surface area contributed by atoms with Crippen LogP contribution in [0.1, 0.15) is 43.7 Å². The molecule has 1 aromatic heterocycles. The van der Waals surface area contributed by atoms with Crippen molar-refractivity contribution < 1.29 is 4.39 Å². The highest BCUT2D eigenvalue weighted by molar-refractivity contribution is 7.99. The first-order valence-electron chi connectivity index (χ1n) is 6.69. The first-order chi connectivity index (χ1) is 8.79. The van der Waals surface area contributed by atoms with E-state index in [4.69, 9.17) is 0 Å². The summed E-state index contributed by atoms with van der Waals surface area (Å²) in [5.74, 6) is 0.738. The fraction of sp³-hybridized carbons (Fsp3) is 0.643. The van der Waals surface area contributed by atoms with E-state index in [9.17, 15) is 4.39 Å². The third-order valence-electron chi connectivity index (χ3n) is 3.53. The minimum Gasteiger partial charge on any atom is -0.312 e. The number of thioether (sulfide) groups is 1. The number of hydrogen-bond donors (Lipinski definition) is 1. The largest absolute Gasteiger partial charge is 0.312 e. The van der Waals surface area contributed by atoms with Crippen molar-refractivity contribution in [3.63, 3.8) is 0 Å². The summed E-state index contributed by atoms with van der Waals surface area (Å²) in [6, 6.07) is 1.77. The standard InChI is InChI=1S/C14H21FN2S/c1-16-14(11-7-12(15)9-17-8-11)10-18-13-5-3-2-4-6-13/h7-9,13-14,16H,2-6,10H2,1H3.